The highest BCUT2D eigenvalue weighted by molar-refractivity contribution is 9.10. The Kier molecular flexibility index (Phi) is 4.21. The van der Waals surface area contributed by atoms with E-state index in [0.29, 0.717) is 22.3 Å². The Labute approximate surface area is 118 Å². The smallest absolute Gasteiger partial charge is 0.226 e. The quantitative estimate of drug-likeness (QED) is 0.935. The summed E-state index contributed by atoms with van der Waals surface area (Å²) in [5, 5.41) is 7.94. The molecule has 0 aliphatic carbocycles. The lowest BCUT2D eigenvalue weighted by atomic mass is 10.2. The maximum Gasteiger partial charge on any atom is 0.226 e. The predicted octanol–water partition coefficient (Wildman–Crippen LogP) is 3.12. The van der Waals surface area contributed by atoms with Gasteiger partial charge < -0.3 is 10.1 Å². The molecule has 1 N–H and O–H groups in total. The molecule has 0 aliphatic heterocycles. The van der Waals surface area contributed by atoms with Crippen LogP contribution >= 0.6 is 27.5 Å². The highest BCUT2D eigenvalue weighted by atomic mass is 79.9. The van der Waals surface area contributed by atoms with Gasteiger partial charge in [-0.15, -0.1) is 5.10 Å². The second kappa shape index (κ2) is 5.69. The van der Waals surface area contributed by atoms with E-state index in [1.54, 1.807) is 11.8 Å². The summed E-state index contributed by atoms with van der Waals surface area (Å²) in [4.78, 5) is 4.20. The zero-order valence-electron chi connectivity index (χ0n) is 9.94. The van der Waals surface area contributed by atoms with Crippen LogP contribution in [-0.2, 0) is 18.4 Å². The van der Waals surface area contributed by atoms with E-state index >= 15 is 0 Å². The van der Waals surface area contributed by atoms with Gasteiger partial charge in [-0.3, -0.25) is 0 Å². The number of anilines is 2. The van der Waals surface area contributed by atoms with Gasteiger partial charge in [0.15, 0.2) is 0 Å². The monoisotopic (exact) mass is 330 g/mol. The Balaban J connectivity index is 2.24. The number of nitrogens with zero attached hydrogens (tertiary/aromatic N) is 3. The van der Waals surface area contributed by atoms with Gasteiger partial charge in [-0.05, 0) is 39.7 Å². The number of hydrogen-bond donors (Lipinski definition) is 1. The van der Waals surface area contributed by atoms with Gasteiger partial charge in [0.1, 0.15) is 0 Å². The number of hydrogen-bond acceptors (Lipinski definition) is 4. The highest BCUT2D eigenvalue weighted by Crippen LogP contribution is 2.23. The molecule has 0 amide bonds. The molecule has 96 valence electrons. The highest BCUT2D eigenvalue weighted by Gasteiger charge is 2.07. The first-order valence-electron chi connectivity index (χ1n) is 5.21. The van der Waals surface area contributed by atoms with E-state index < -0.39 is 0 Å². The molecule has 0 saturated carbocycles. The molecular formula is C11H12BrClN4O. The molecule has 0 fully saturated rings. The number of aromatic nitrogens is 3. The summed E-state index contributed by atoms with van der Waals surface area (Å²) in [6.07, 6.45) is 0. The van der Waals surface area contributed by atoms with Crippen LogP contribution in [0.15, 0.2) is 22.9 Å². The number of aryl methyl sites for hydroxylation is 1. The molecule has 1 heterocycles. The average molecular weight is 332 g/mol. The van der Waals surface area contributed by atoms with Gasteiger partial charge in [0.2, 0.25) is 10.7 Å². The lowest BCUT2D eigenvalue weighted by Crippen LogP contribution is -2.01. The van der Waals surface area contributed by atoms with E-state index in [9.17, 15) is 0 Å². The number of nitrogens with one attached hydrogen (secondary N) is 1. The summed E-state index contributed by atoms with van der Waals surface area (Å²) in [6, 6.07) is 5.63. The molecule has 1 aromatic carbocycles. The zero-order valence-corrected chi connectivity index (χ0v) is 12.3. The summed E-state index contributed by atoms with van der Waals surface area (Å²) in [5.74, 6) is 0.646. The molecule has 0 radical (unpaired) electrons. The summed E-state index contributed by atoms with van der Waals surface area (Å²) in [7, 11) is 3.45. The van der Waals surface area contributed by atoms with Crippen LogP contribution < -0.4 is 5.32 Å². The fourth-order valence-electron chi connectivity index (χ4n) is 1.51. The van der Waals surface area contributed by atoms with Crippen LogP contribution in [0, 0.1) is 0 Å². The summed E-state index contributed by atoms with van der Waals surface area (Å²) in [6.45, 7) is 0.469. The zero-order chi connectivity index (χ0) is 13.1. The second-order valence-electron chi connectivity index (χ2n) is 3.69. The first-order valence-corrected chi connectivity index (χ1v) is 6.38. The van der Waals surface area contributed by atoms with Crippen molar-refractivity contribution in [3.8, 4) is 0 Å². The van der Waals surface area contributed by atoms with Gasteiger partial charge in [-0.2, -0.15) is 4.98 Å². The van der Waals surface area contributed by atoms with E-state index in [1.165, 1.54) is 0 Å². The second-order valence-corrected chi connectivity index (χ2v) is 4.81. The Morgan fingerprint density at radius 2 is 2.28 bits per heavy atom. The van der Waals surface area contributed by atoms with Gasteiger partial charge in [0.05, 0.1) is 6.61 Å². The van der Waals surface area contributed by atoms with Crippen molar-refractivity contribution >= 4 is 39.2 Å². The Morgan fingerprint density at radius 3 is 2.89 bits per heavy atom. The molecule has 2 aromatic rings. The average Bonchev–Trinajstić information content (AvgIpc) is 2.62. The third-order valence-electron chi connectivity index (χ3n) is 2.34. The number of rotatable bonds is 4. The first kappa shape index (κ1) is 13.3. The Morgan fingerprint density at radius 1 is 1.50 bits per heavy atom. The van der Waals surface area contributed by atoms with Crippen molar-refractivity contribution in [3.63, 3.8) is 0 Å². The van der Waals surface area contributed by atoms with Crippen molar-refractivity contribution in [1.29, 1.82) is 0 Å². The SMILES string of the molecule is COCc1cc(Nc2nc(Br)nn2C)ccc1Cl. The summed E-state index contributed by atoms with van der Waals surface area (Å²) >= 11 is 9.29. The molecule has 18 heavy (non-hydrogen) atoms. The van der Waals surface area contributed by atoms with Crippen molar-refractivity contribution in [3.05, 3.63) is 33.5 Å². The first-order chi connectivity index (χ1) is 8.60. The van der Waals surface area contributed by atoms with E-state index in [-0.39, 0.29) is 0 Å². The van der Waals surface area contributed by atoms with Crippen molar-refractivity contribution in [1.82, 2.24) is 14.8 Å². The largest absolute Gasteiger partial charge is 0.380 e. The third kappa shape index (κ3) is 3.01. The van der Waals surface area contributed by atoms with Crippen LogP contribution in [0.2, 0.25) is 5.02 Å². The molecular weight excluding hydrogens is 320 g/mol. The molecule has 0 aliphatic rings. The minimum absolute atomic E-state index is 0.469. The molecule has 0 bridgehead atoms. The van der Waals surface area contributed by atoms with Crippen molar-refractivity contribution < 1.29 is 4.74 Å². The number of halogens is 2. The molecule has 0 atom stereocenters. The van der Waals surface area contributed by atoms with Gasteiger partial charge in [0.25, 0.3) is 0 Å². The molecule has 2 rings (SSSR count). The molecule has 1 aromatic heterocycles. The van der Waals surface area contributed by atoms with Gasteiger partial charge in [-0.25, -0.2) is 4.68 Å². The minimum Gasteiger partial charge on any atom is -0.380 e. The molecule has 7 heteroatoms. The maximum atomic E-state index is 6.06. The maximum absolute atomic E-state index is 6.06. The topological polar surface area (TPSA) is 52.0 Å². The van der Waals surface area contributed by atoms with E-state index in [4.69, 9.17) is 16.3 Å². The van der Waals surface area contributed by atoms with E-state index in [1.807, 2.05) is 25.2 Å². The Bertz CT molecular complexity index is 558. The van der Waals surface area contributed by atoms with Crippen LogP contribution in [0.1, 0.15) is 5.56 Å². The predicted molar refractivity (Wildman–Crippen MR) is 74.2 cm³/mol. The minimum atomic E-state index is 0.469. The summed E-state index contributed by atoms with van der Waals surface area (Å²) < 4.78 is 7.28. The number of methoxy groups -OCH3 is 1. The molecule has 0 saturated heterocycles. The molecule has 0 spiro atoms. The van der Waals surface area contributed by atoms with Crippen LogP contribution in [0.5, 0.6) is 0 Å². The normalized spacial score (nSPS) is 10.7. The van der Waals surface area contributed by atoms with Gasteiger partial charge in [-0.1, -0.05) is 11.6 Å². The van der Waals surface area contributed by atoms with Crippen LogP contribution in [0.4, 0.5) is 11.6 Å². The lowest BCUT2D eigenvalue weighted by molar-refractivity contribution is 0.185. The van der Waals surface area contributed by atoms with Gasteiger partial charge >= 0.3 is 0 Å². The number of benzene rings is 1. The van der Waals surface area contributed by atoms with Crippen LogP contribution in [-0.4, -0.2) is 21.9 Å². The third-order valence-corrected chi connectivity index (χ3v) is 3.04. The summed E-state index contributed by atoms with van der Waals surface area (Å²) in [5.41, 5.74) is 1.81. The van der Waals surface area contributed by atoms with Crippen LogP contribution in [0.25, 0.3) is 0 Å². The fraction of sp³-hybridized carbons (Fsp3) is 0.273. The van der Waals surface area contributed by atoms with E-state index in [0.717, 1.165) is 11.3 Å². The standard InChI is InChI=1S/C11H12BrClN4O/c1-17-11(15-10(12)16-17)14-8-3-4-9(13)7(5-8)6-18-2/h3-5H,6H2,1-2H3,(H,14,15,16). The number of ether oxygens (including phenoxy) is 1. The fourth-order valence-corrected chi connectivity index (χ4v) is 2.09. The van der Waals surface area contributed by atoms with Crippen LogP contribution in [0.3, 0.4) is 0 Å². The lowest BCUT2D eigenvalue weighted by Gasteiger charge is -2.08. The van der Waals surface area contributed by atoms with Crippen molar-refractivity contribution in [2.45, 2.75) is 6.61 Å². The van der Waals surface area contributed by atoms with Gasteiger partial charge in [0, 0.05) is 24.9 Å². The van der Waals surface area contributed by atoms with Crippen molar-refractivity contribution in [2.24, 2.45) is 7.05 Å². The van der Waals surface area contributed by atoms with E-state index in [2.05, 4.69) is 31.3 Å². The van der Waals surface area contributed by atoms with Crippen molar-refractivity contribution in [2.75, 3.05) is 12.4 Å². The Hall–Kier alpha value is -1.11. The molecule has 0 unspecified atom stereocenters. The molecule has 5 nitrogen and oxygen atoms in total.